The van der Waals surface area contributed by atoms with E-state index in [4.69, 9.17) is 9.47 Å². The molecule has 1 saturated carbocycles. The number of carbonyl (C=O) groups is 1. The summed E-state index contributed by atoms with van der Waals surface area (Å²) in [5, 5.41) is 0. The normalized spacial score (nSPS) is 36.9. The lowest BCUT2D eigenvalue weighted by atomic mass is 9.68. The highest BCUT2D eigenvalue weighted by atomic mass is 16.7. The van der Waals surface area contributed by atoms with Crippen molar-refractivity contribution >= 4 is 5.78 Å². The first-order valence-corrected chi connectivity index (χ1v) is 5.97. The Bertz CT molecular complexity index is 326. The molecule has 0 aromatic rings. The molecule has 0 bridgehead atoms. The number of rotatable bonds is 1. The molecule has 0 aromatic heterocycles. The van der Waals surface area contributed by atoms with Gasteiger partial charge >= 0.3 is 0 Å². The molecule has 3 nitrogen and oxygen atoms in total. The van der Waals surface area contributed by atoms with Crippen LogP contribution in [0.15, 0.2) is 11.6 Å². The third kappa shape index (κ3) is 1.72. The number of carbonyl (C=O) groups excluding carboxylic acids is 1. The van der Waals surface area contributed by atoms with E-state index in [2.05, 4.69) is 6.92 Å². The Morgan fingerprint density at radius 1 is 1.25 bits per heavy atom. The molecule has 1 aliphatic heterocycles. The van der Waals surface area contributed by atoms with Crippen molar-refractivity contribution in [3.63, 3.8) is 0 Å². The number of ketones is 1. The van der Waals surface area contributed by atoms with Crippen LogP contribution in [0.1, 0.15) is 40.0 Å². The molecular formula is C13H20O3. The Balaban J connectivity index is 2.22. The van der Waals surface area contributed by atoms with Crippen LogP contribution in [0.4, 0.5) is 0 Å². The molecule has 2 rings (SSSR count). The minimum Gasteiger partial charge on any atom is -0.347 e. The summed E-state index contributed by atoms with van der Waals surface area (Å²) < 4.78 is 11.5. The second-order valence-electron chi connectivity index (χ2n) is 5.12. The van der Waals surface area contributed by atoms with Crippen molar-refractivity contribution in [1.82, 2.24) is 0 Å². The van der Waals surface area contributed by atoms with Gasteiger partial charge in [-0.05, 0) is 32.3 Å². The average molecular weight is 224 g/mol. The van der Waals surface area contributed by atoms with Gasteiger partial charge in [0, 0.05) is 11.8 Å². The second kappa shape index (κ2) is 3.97. The number of ether oxygens (including phenoxy) is 2. The Labute approximate surface area is 96.8 Å². The Hall–Kier alpha value is -0.670. The van der Waals surface area contributed by atoms with E-state index in [9.17, 15) is 4.79 Å². The molecular weight excluding hydrogens is 204 g/mol. The molecule has 90 valence electrons. The molecule has 0 aromatic carbocycles. The minimum absolute atomic E-state index is 0.0841. The van der Waals surface area contributed by atoms with Crippen LogP contribution in [-0.4, -0.2) is 24.8 Å². The lowest BCUT2D eigenvalue weighted by Gasteiger charge is -2.44. The molecule has 3 heteroatoms. The van der Waals surface area contributed by atoms with Gasteiger partial charge in [-0.1, -0.05) is 13.0 Å². The van der Waals surface area contributed by atoms with E-state index >= 15 is 0 Å². The molecule has 1 atom stereocenters. The van der Waals surface area contributed by atoms with Gasteiger partial charge in [-0.2, -0.15) is 0 Å². The fourth-order valence-electron chi connectivity index (χ4n) is 2.67. The van der Waals surface area contributed by atoms with Crippen LogP contribution >= 0.6 is 0 Å². The summed E-state index contributed by atoms with van der Waals surface area (Å²) in [5.74, 6) is -0.247. The maximum absolute atomic E-state index is 11.7. The van der Waals surface area contributed by atoms with Crippen molar-refractivity contribution in [3.8, 4) is 0 Å². The predicted molar refractivity (Wildman–Crippen MR) is 61.0 cm³/mol. The van der Waals surface area contributed by atoms with Crippen molar-refractivity contribution in [2.24, 2.45) is 5.41 Å². The van der Waals surface area contributed by atoms with E-state index in [1.54, 1.807) is 0 Å². The predicted octanol–water partition coefficient (Wildman–Crippen LogP) is 2.46. The van der Waals surface area contributed by atoms with Crippen LogP contribution in [-0.2, 0) is 14.3 Å². The summed E-state index contributed by atoms with van der Waals surface area (Å²) in [7, 11) is 0. The van der Waals surface area contributed by atoms with E-state index in [1.165, 1.54) is 0 Å². The van der Waals surface area contributed by atoms with E-state index in [0.29, 0.717) is 19.6 Å². The van der Waals surface area contributed by atoms with Gasteiger partial charge in [0.25, 0.3) is 0 Å². The van der Waals surface area contributed by atoms with Crippen LogP contribution in [0.5, 0.6) is 0 Å². The Morgan fingerprint density at radius 3 is 2.44 bits per heavy atom. The topological polar surface area (TPSA) is 35.5 Å². The standard InChI is InChI=1S/C13H20O3/c1-4-10-9-12(2,6-5-11(10)14)13(3)15-7-8-16-13/h4H,5-9H2,1-3H3/b10-4+/t12-/m1/s1. The van der Waals surface area contributed by atoms with Crippen LogP contribution in [0.3, 0.4) is 0 Å². The third-order valence-electron chi connectivity index (χ3n) is 4.13. The van der Waals surface area contributed by atoms with Crippen LogP contribution < -0.4 is 0 Å². The summed E-state index contributed by atoms with van der Waals surface area (Å²) in [6.07, 6.45) is 4.15. The van der Waals surface area contributed by atoms with E-state index in [-0.39, 0.29) is 11.2 Å². The first-order chi connectivity index (χ1) is 7.51. The zero-order valence-electron chi connectivity index (χ0n) is 10.3. The van der Waals surface area contributed by atoms with E-state index in [0.717, 1.165) is 18.4 Å². The van der Waals surface area contributed by atoms with Gasteiger partial charge in [0.05, 0.1) is 13.2 Å². The highest BCUT2D eigenvalue weighted by Crippen LogP contribution is 2.49. The summed E-state index contributed by atoms with van der Waals surface area (Å²) >= 11 is 0. The van der Waals surface area contributed by atoms with E-state index in [1.807, 2.05) is 19.9 Å². The van der Waals surface area contributed by atoms with Gasteiger partial charge in [-0.15, -0.1) is 0 Å². The molecule has 0 spiro atoms. The van der Waals surface area contributed by atoms with Gasteiger partial charge in [0.1, 0.15) is 0 Å². The third-order valence-corrected chi connectivity index (χ3v) is 4.13. The first kappa shape index (κ1) is 11.8. The molecule has 1 heterocycles. The van der Waals surface area contributed by atoms with Crippen LogP contribution in [0, 0.1) is 5.41 Å². The van der Waals surface area contributed by atoms with Crippen molar-refractivity contribution in [2.45, 2.75) is 45.8 Å². The van der Waals surface area contributed by atoms with Crippen molar-refractivity contribution < 1.29 is 14.3 Å². The fraction of sp³-hybridized carbons (Fsp3) is 0.769. The average Bonchev–Trinajstić information content (AvgIpc) is 2.71. The molecule has 0 N–H and O–H groups in total. The highest BCUT2D eigenvalue weighted by molar-refractivity contribution is 5.96. The maximum Gasteiger partial charge on any atom is 0.171 e. The Kier molecular flexibility index (Phi) is 2.93. The zero-order valence-corrected chi connectivity index (χ0v) is 10.3. The lowest BCUT2D eigenvalue weighted by Crippen LogP contribution is -2.47. The number of Topliss-reactive ketones (excluding diaryl/α,β-unsaturated/α-hetero) is 1. The van der Waals surface area contributed by atoms with Gasteiger partial charge in [-0.3, -0.25) is 4.79 Å². The smallest absolute Gasteiger partial charge is 0.171 e. The highest BCUT2D eigenvalue weighted by Gasteiger charge is 2.51. The molecule has 2 fully saturated rings. The van der Waals surface area contributed by atoms with Crippen molar-refractivity contribution in [2.75, 3.05) is 13.2 Å². The van der Waals surface area contributed by atoms with Gasteiger partial charge < -0.3 is 9.47 Å². The molecule has 2 aliphatic rings. The first-order valence-electron chi connectivity index (χ1n) is 5.97. The minimum atomic E-state index is -0.526. The SMILES string of the molecule is C/C=C1\C[C@](C)(C2(C)OCCO2)CCC1=O. The van der Waals surface area contributed by atoms with Gasteiger partial charge in [0.15, 0.2) is 11.6 Å². The summed E-state index contributed by atoms with van der Waals surface area (Å²) in [5.41, 5.74) is 0.841. The molecule has 0 amide bonds. The second-order valence-corrected chi connectivity index (χ2v) is 5.12. The maximum atomic E-state index is 11.7. The summed E-state index contributed by atoms with van der Waals surface area (Å²) in [4.78, 5) is 11.7. The van der Waals surface area contributed by atoms with Crippen LogP contribution in [0.2, 0.25) is 0 Å². The summed E-state index contributed by atoms with van der Waals surface area (Å²) in [6, 6.07) is 0. The number of allylic oxidation sites excluding steroid dienone is 2. The Morgan fingerprint density at radius 2 is 1.88 bits per heavy atom. The molecule has 1 saturated heterocycles. The molecule has 0 radical (unpaired) electrons. The quantitative estimate of drug-likeness (QED) is 0.642. The number of hydrogen-bond acceptors (Lipinski definition) is 3. The van der Waals surface area contributed by atoms with Crippen molar-refractivity contribution in [1.29, 1.82) is 0 Å². The lowest BCUT2D eigenvalue weighted by molar-refractivity contribution is -0.224. The monoisotopic (exact) mass is 224 g/mol. The zero-order chi connectivity index (χ0) is 11.8. The molecule has 1 aliphatic carbocycles. The van der Waals surface area contributed by atoms with Crippen molar-refractivity contribution in [3.05, 3.63) is 11.6 Å². The van der Waals surface area contributed by atoms with Gasteiger partial charge in [0.2, 0.25) is 0 Å². The number of hydrogen-bond donors (Lipinski definition) is 0. The largest absolute Gasteiger partial charge is 0.347 e. The van der Waals surface area contributed by atoms with E-state index < -0.39 is 5.79 Å². The van der Waals surface area contributed by atoms with Gasteiger partial charge in [-0.25, -0.2) is 0 Å². The summed E-state index contributed by atoms with van der Waals surface area (Å²) in [6.45, 7) is 7.41. The fourth-order valence-corrected chi connectivity index (χ4v) is 2.67. The molecule has 0 unspecified atom stereocenters. The molecule has 16 heavy (non-hydrogen) atoms. The van der Waals surface area contributed by atoms with Crippen LogP contribution in [0.25, 0.3) is 0 Å².